The Balaban J connectivity index is 1.67. The maximum absolute atomic E-state index is 11.8. The average molecular weight is 469 g/mol. The molecule has 2 aliphatic heterocycles. The van der Waals surface area contributed by atoms with Gasteiger partial charge in [0, 0.05) is 56.1 Å². The molecule has 2 aromatic rings. The van der Waals surface area contributed by atoms with Gasteiger partial charge < -0.3 is 25.0 Å². The van der Waals surface area contributed by atoms with Gasteiger partial charge in [-0.3, -0.25) is 4.90 Å². The summed E-state index contributed by atoms with van der Waals surface area (Å²) in [5, 5.41) is 5.58. The van der Waals surface area contributed by atoms with Crippen LogP contribution in [0.5, 0.6) is 0 Å². The molecule has 0 bridgehead atoms. The van der Waals surface area contributed by atoms with E-state index < -0.39 is 0 Å². The molecule has 1 fully saturated rings. The summed E-state index contributed by atoms with van der Waals surface area (Å²) < 4.78 is 11.1. The number of carbonyl (C=O) groups excluding carboxylic acids is 1. The number of nitrogens with one attached hydrogen (secondary N) is 2. The van der Waals surface area contributed by atoms with Gasteiger partial charge in [0.15, 0.2) is 5.82 Å². The Bertz CT molecular complexity index is 983. The van der Waals surface area contributed by atoms with Gasteiger partial charge in [0.25, 0.3) is 0 Å². The van der Waals surface area contributed by atoms with Crippen LogP contribution >= 0.6 is 0 Å². The number of hydrogen-bond donors (Lipinski definition) is 2. The molecule has 2 aliphatic rings. The van der Waals surface area contributed by atoms with Crippen LogP contribution in [0.4, 0.5) is 16.3 Å². The number of nitrogens with zero attached hydrogens (tertiary/aromatic N) is 4. The summed E-state index contributed by atoms with van der Waals surface area (Å²) in [5.41, 5.74) is 3.98. The lowest BCUT2D eigenvalue weighted by atomic mass is 10.0. The standard InChI is InChI=1S/C25H36N6O3/c1-5-26-25(32)27-20-8-6-19(7-9-20)23-28-22-14-30(17(2)15-33-4)11-10-21(22)24(29-23)31-12-13-34-16-18(31)3/h6-9,17-18H,5,10-16H2,1-4H3,(H2,26,27,32)/t17?,18-/m0/s1. The zero-order valence-corrected chi connectivity index (χ0v) is 20.6. The van der Waals surface area contributed by atoms with E-state index in [0.29, 0.717) is 38.2 Å². The van der Waals surface area contributed by atoms with Gasteiger partial charge in [-0.15, -0.1) is 0 Å². The van der Waals surface area contributed by atoms with Crippen LogP contribution < -0.4 is 15.5 Å². The second kappa shape index (κ2) is 11.1. The minimum absolute atomic E-state index is 0.214. The molecule has 184 valence electrons. The molecule has 1 unspecified atom stereocenters. The van der Waals surface area contributed by atoms with Crippen molar-refractivity contribution in [2.24, 2.45) is 0 Å². The van der Waals surface area contributed by atoms with Crippen LogP contribution in [-0.2, 0) is 22.4 Å². The summed E-state index contributed by atoms with van der Waals surface area (Å²) in [6, 6.07) is 8.06. The number of morpholine rings is 1. The minimum atomic E-state index is -0.214. The van der Waals surface area contributed by atoms with Crippen LogP contribution in [0.1, 0.15) is 32.0 Å². The molecule has 9 nitrogen and oxygen atoms in total. The first-order valence-corrected chi connectivity index (χ1v) is 12.1. The molecule has 2 amide bonds. The van der Waals surface area contributed by atoms with Crippen LogP contribution in [0.25, 0.3) is 11.4 Å². The van der Waals surface area contributed by atoms with Crippen LogP contribution in [0.3, 0.4) is 0 Å². The monoisotopic (exact) mass is 468 g/mol. The molecule has 0 spiro atoms. The highest BCUT2D eigenvalue weighted by Gasteiger charge is 2.30. The van der Waals surface area contributed by atoms with E-state index in [1.165, 1.54) is 5.56 Å². The molecule has 1 aromatic carbocycles. The van der Waals surface area contributed by atoms with E-state index in [4.69, 9.17) is 19.4 Å². The highest BCUT2D eigenvalue weighted by Crippen LogP contribution is 2.32. The molecule has 34 heavy (non-hydrogen) atoms. The molecule has 2 atom stereocenters. The van der Waals surface area contributed by atoms with Gasteiger partial charge in [0.1, 0.15) is 5.82 Å². The number of fused-ring (bicyclic) bond motifs is 1. The van der Waals surface area contributed by atoms with E-state index >= 15 is 0 Å². The Morgan fingerprint density at radius 2 is 2.06 bits per heavy atom. The number of carbonyl (C=O) groups is 1. The van der Waals surface area contributed by atoms with E-state index in [-0.39, 0.29) is 12.1 Å². The molecule has 0 aliphatic carbocycles. The zero-order chi connectivity index (χ0) is 24.1. The molecule has 4 rings (SSSR count). The fourth-order valence-corrected chi connectivity index (χ4v) is 4.60. The smallest absolute Gasteiger partial charge is 0.319 e. The first-order chi connectivity index (χ1) is 16.5. The Hall–Kier alpha value is -2.75. The summed E-state index contributed by atoms with van der Waals surface area (Å²) in [6.07, 6.45) is 0.915. The van der Waals surface area contributed by atoms with Crippen molar-refractivity contribution < 1.29 is 14.3 Å². The van der Waals surface area contributed by atoms with Crippen LogP contribution in [-0.4, -0.2) is 79.5 Å². The molecule has 9 heteroatoms. The average Bonchev–Trinajstić information content (AvgIpc) is 2.84. The van der Waals surface area contributed by atoms with Gasteiger partial charge in [-0.1, -0.05) is 0 Å². The van der Waals surface area contributed by atoms with Crippen molar-refractivity contribution in [1.29, 1.82) is 0 Å². The topological polar surface area (TPSA) is 91.9 Å². The molecule has 1 aromatic heterocycles. The second-order valence-corrected chi connectivity index (χ2v) is 9.00. The van der Waals surface area contributed by atoms with Gasteiger partial charge in [0.05, 0.1) is 31.6 Å². The van der Waals surface area contributed by atoms with Crippen molar-refractivity contribution in [1.82, 2.24) is 20.2 Å². The molecule has 2 N–H and O–H groups in total. The first kappa shape index (κ1) is 24.4. The number of aromatic nitrogens is 2. The van der Waals surface area contributed by atoms with Crippen LogP contribution in [0.15, 0.2) is 24.3 Å². The predicted octanol–water partition coefficient (Wildman–Crippen LogP) is 2.90. The van der Waals surface area contributed by atoms with E-state index in [0.717, 1.165) is 48.8 Å². The Labute approximate surface area is 201 Å². The van der Waals surface area contributed by atoms with Gasteiger partial charge in [-0.2, -0.15) is 0 Å². The van der Waals surface area contributed by atoms with Crippen molar-refractivity contribution in [3.63, 3.8) is 0 Å². The van der Waals surface area contributed by atoms with Crippen molar-refractivity contribution >= 4 is 17.5 Å². The number of ether oxygens (including phenoxy) is 2. The Morgan fingerprint density at radius 1 is 1.26 bits per heavy atom. The molecule has 1 saturated heterocycles. The molecular weight excluding hydrogens is 432 g/mol. The number of urea groups is 1. The van der Waals surface area contributed by atoms with Crippen LogP contribution in [0.2, 0.25) is 0 Å². The third kappa shape index (κ3) is 5.48. The van der Waals surface area contributed by atoms with E-state index in [9.17, 15) is 4.79 Å². The summed E-state index contributed by atoms with van der Waals surface area (Å²) in [4.78, 5) is 26.7. The van der Waals surface area contributed by atoms with Gasteiger partial charge >= 0.3 is 6.03 Å². The molecule has 3 heterocycles. The van der Waals surface area contributed by atoms with Crippen molar-refractivity contribution in [3.8, 4) is 11.4 Å². The lowest BCUT2D eigenvalue weighted by Gasteiger charge is -2.38. The van der Waals surface area contributed by atoms with E-state index in [1.807, 2.05) is 31.2 Å². The predicted molar refractivity (Wildman–Crippen MR) is 133 cm³/mol. The fourth-order valence-electron chi connectivity index (χ4n) is 4.60. The lowest BCUT2D eigenvalue weighted by Crippen LogP contribution is -2.46. The quantitative estimate of drug-likeness (QED) is 0.646. The fraction of sp³-hybridized carbons (Fsp3) is 0.560. The largest absolute Gasteiger partial charge is 0.383 e. The zero-order valence-electron chi connectivity index (χ0n) is 20.6. The summed E-state index contributed by atoms with van der Waals surface area (Å²) in [5.74, 6) is 1.73. The van der Waals surface area contributed by atoms with Gasteiger partial charge in [-0.05, 0) is 51.5 Å². The highest BCUT2D eigenvalue weighted by molar-refractivity contribution is 5.89. The number of anilines is 2. The highest BCUT2D eigenvalue weighted by atomic mass is 16.5. The summed E-state index contributed by atoms with van der Waals surface area (Å²) >= 11 is 0. The van der Waals surface area contributed by atoms with Gasteiger partial charge in [0.2, 0.25) is 0 Å². The normalized spacial score (nSPS) is 19.4. The first-order valence-electron chi connectivity index (χ1n) is 12.1. The second-order valence-electron chi connectivity index (χ2n) is 9.00. The summed E-state index contributed by atoms with van der Waals surface area (Å²) in [6.45, 7) is 11.5. The van der Waals surface area contributed by atoms with Crippen molar-refractivity contribution in [3.05, 3.63) is 35.5 Å². The third-order valence-corrected chi connectivity index (χ3v) is 6.48. The van der Waals surface area contributed by atoms with Crippen molar-refractivity contribution in [2.45, 2.75) is 45.8 Å². The van der Waals surface area contributed by atoms with Crippen LogP contribution in [0, 0.1) is 0 Å². The van der Waals surface area contributed by atoms with E-state index in [2.05, 4.69) is 34.3 Å². The number of rotatable bonds is 7. The maximum Gasteiger partial charge on any atom is 0.319 e. The lowest BCUT2D eigenvalue weighted by molar-refractivity contribution is 0.0890. The molecule has 0 radical (unpaired) electrons. The number of amides is 2. The third-order valence-electron chi connectivity index (χ3n) is 6.48. The molecule has 0 saturated carbocycles. The SMILES string of the molecule is CCNC(=O)Nc1ccc(-c2nc3c(c(N4CCOC[C@@H]4C)n2)CCN(C(C)COC)C3)cc1. The van der Waals surface area contributed by atoms with E-state index in [1.54, 1.807) is 7.11 Å². The maximum atomic E-state index is 11.8. The number of methoxy groups -OCH3 is 1. The molecular formula is C25H36N6O3. The number of benzene rings is 1. The van der Waals surface area contributed by atoms with Crippen molar-refractivity contribution in [2.75, 3.05) is 56.8 Å². The number of hydrogen-bond acceptors (Lipinski definition) is 7. The Kier molecular flexibility index (Phi) is 7.97. The Morgan fingerprint density at radius 3 is 2.76 bits per heavy atom. The minimum Gasteiger partial charge on any atom is -0.383 e. The van der Waals surface area contributed by atoms with Gasteiger partial charge in [-0.25, -0.2) is 14.8 Å². The summed E-state index contributed by atoms with van der Waals surface area (Å²) in [7, 11) is 1.75.